The van der Waals surface area contributed by atoms with Crippen molar-refractivity contribution in [3.8, 4) is 0 Å². The Bertz CT molecular complexity index is 286. The van der Waals surface area contributed by atoms with E-state index in [4.69, 9.17) is 14.6 Å². The summed E-state index contributed by atoms with van der Waals surface area (Å²) < 4.78 is 14.9. The molecule has 20 heavy (non-hydrogen) atoms. The first-order chi connectivity index (χ1) is 9.07. The van der Waals surface area contributed by atoms with Gasteiger partial charge < -0.3 is 24.2 Å². The Morgan fingerprint density at radius 3 is 2.35 bits per heavy atom. The minimum absolute atomic E-state index is 0.0329. The summed E-state index contributed by atoms with van der Waals surface area (Å²) in [5.41, 5.74) is -0.865. The minimum Gasteiger partial charge on any atom is -0.444 e. The Morgan fingerprint density at radius 2 is 1.85 bits per heavy atom. The van der Waals surface area contributed by atoms with Crippen LogP contribution in [-0.2, 0) is 9.47 Å². The molecule has 0 aromatic rings. The molecule has 0 aliphatic carbocycles. The van der Waals surface area contributed by atoms with Crippen molar-refractivity contribution in [2.24, 2.45) is 0 Å². The summed E-state index contributed by atoms with van der Waals surface area (Å²) in [6.07, 6.45) is 0.343. The molecule has 0 saturated heterocycles. The van der Waals surface area contributed by atoms with E-state index < -0.39 is 5.60 Å². The number of hydrogen-bond donors (Lipinski definition) is 1. The average molecular weight is 292 g/mol. The van der Waals surface area contributed by atoms with Gasteiger partial charge in [0, 0.05) is 13.6 Å². The van der Waals surface area contributed by atoms with Crippen LogP contribution in [0.4, 0.5) is 4.79 Å². The second-order valence-electron chi connectivity index (χ2n) is 6.36. The van der Waals surface area contributed by atoms with Crippen LogP contribution in [0.15, 0.2) is 0 Å². The van der Waals surface area contributed by atoms with Crippen molar-refractivity contribution in [3.63, 3.8) is 0 Å². The molecule has 0 aliphatic rings. The van der Waals surface area contributed by atoms with E-state index in [2.05, 4.69) is 4.74 Å². The van der Waals surface area contributed by atoms with Crippen LogP contribution in [-0.4, -0.2) is 65.6 Å². The smallest absolute Gasteiger partial charge is 0.410 e. The van der Waals surface area contributed by atoms with Gasteiger partial charge in [0.15, 0.2) is 6.61 Å². The van der Waals surface area contributed by atoms with Crippen LogP contribution in [0.1, 0.15) is 41.0 Å². The number of carbonyl (C=O) groups is 1. The Kier molecular flexibility index (Phi) is 8.08. The van der Waals surface area contributed by atoms with Crippen LogP contribution in [0, 0.1) is 0 Å². The summed E-state index contributed by atoms with van der Waals surface area (Å²) in [7, 11) is 1.71. The zero-order valence-corrected chi connectivity index (χ0v) is 13.6. The number of nitrogens with zero attached hydrogens (tertiary/aromatic N) is 1. The van der Waals surface area contributed by atoms with E-state index in [1.807, 2.05) is 34.6 Å². The molecule has 0 spiro atoms. The monoisotopic (exact) mass is 292 g/mol. The second-order valence-corrected chi connectivity index (χ2v) is 6.36. The minimum atomic E-state index is -0.486. The fourth-order valence-corrected chi connectivity index (χ4v) is 1.30. The molecule has 0 bridgehead atoms. The lowest BCUT2D eigenvalue weighted by atomic mass is 10.1. The maximum atomic E-state index is 11.8. The van der Waals surface area contributed by atoms with Crippen molar-refractivity contribution in [1.29, 1.82) is 0 Å². The van der Waals surface area contributed by atoms with E-state index >= 15 is 0 Å². The van der Waals surface area contributed by atoms with Crippen molar-refractivity contribution in [2.45, 2.75) is 52.2 Å². The zero-order valence-electron chi connectivity index (χ0n) is 13.6. The van der Waals surface area contributed by atoms with Crippen molar-refractivity contribution in [1.82, 2.24) is 4.90 Å². The highest BCUT2D eigenvalue weighted by molar-refractivity contribution is 5.67. The van der Waals surface area contributed by atoms with Gasteiger partial charge >= 0.3 is 6.09 Å². The number of hydrogen-bond acceptors (Lipinski definition) is 4. The third-order valence-electron chi connectivity index (χ3n) is 2.56. The third-order valence-corrected chi connectivity index (χ3v) is 2.56. The molecule has 0 aromatic carbocycles. The first kappa shape index (κ1) is 19.1. The molecule has 6 nitrogen and oxygen atoms in total. The average Bonchev–Trinajstić information content (AvgIpc) is 2.29. The lowest BCUT2D eigenvalue weighted by molar-refractivity contribution is -0.210. The second kappa shape index (κ2) is 8.44. The summed E-state index contributed by atoms with van der Waals surface area (Å²) in [6, 6.07) is 0. The summed E-state index contributed by atoms with van der Waals surface area (Å²) in [4.78, 5) is 13.3. The Morgan fingerprint density at radius 1 is 1.25 bits per heavy atom. The Labute approximate surface area is 122 Å². The number of aliphatic hydroxyl groups excluding tert-OH is 1. The van der Waals surface area contributed by atoms with Crippen molar-refractivity contribution < 1.29 is 24.1 Å². The van der Waals surface area contributed by atoms with E-state index in [1.54, 1.807) is 11.9 Å². The van der Waals surface area contributed by atoms with Crippen LogP contribution >= 0.6 is 0 Å². The van der Waals surface area contributed by atoms with Gasteiger partial charge in [-0.3, -0.25) is 0 Å². The highest BCUT2D eigenvalue weighted by Crippen LogP contribution is 2.16. The molecule has 0 heterocycles. The largest absolute Gasteiger partial charge is 0.444 e. The quantitative estimate of drug-likeness (QED) is 0.418. The normalized spacial score (nSPS) is 12.3. The molecule has 6 heteroatoms. The molecule has 2 N–H and O–H groups in total. The predicted molar refractivity (Wildman–Crippen MR) is 77.7 cm³/mol. The standard InChI is InChI=1S/C14H29NO5/c1-13(2,3)20-12(17)15(6)8-7-14(4,5)19-11-18-10-9-16/h16H,7-11H2,1-6H3/p+1. The number of amides is 1. The van der Waals surface area contributed by atoms with Gasteiger partial charge in [0.1, 0.15) is 12.2 Å². The van der Waals surface area contributed by atoms with Crippen molar-refractivity contribution in [2.75, 3.05) is 33.6 Å². The van der Waals surface area contributed by atoms with Crippen LogP contribution < -0.4 is 0 Å². The topological polar surface area (TPSA) is 71.8 Å². The van der Waals surface area contributed by atoms with E-state index in [-0.39, 0.29) is 25.1 Å². The molecule has 1 amide bonds. The lowest BCUT2D eigenvalue weighted by Crippen LogP contribution is -2.38. The van der Waals surface area contributed by atoms with Crippen molar-refractivity contribution in [3.05, 3.63) is 0 Å². The van der Waals surface area contributed by atoms with Gasteiger partial charge in [-0.1, -0.05) is 0 Å². The fourth-order valence-electron chi connectivity index (χ4n) is 1.30. The lowest BCUT2D eigenvalue weighted by Gasteiger charge is -2.28. The molecule has 0 saturated carbocycles. The SMILES string of the molecule is CN(CCC(C)(C)OC[OH+]CCO)C(=O)OC(C)(C)C. The predicted octanol–water partition coefficient (Wildman–Crippen LogP) is 1.52. The van der Waals surface area contributed by atoms with Crippen LogP contribution in [0.3, 0.4) is 0 Å². The highest BCUT2D eigenvalue weighted by atomic mass is 16.7. The maximum Gasteiger partial charge on any atom is 0.410 e. The van der Waals surface area contributed by atoms with Gasteiger partial charge in [0.25, 0.3) is 6.79 Å². The molecule has 0 aromatic heterocycles. The van der Waals surface area contributed by atoms with Gasteiger partial charge in [-0.25, -0.2) is 4.79 Å². The van der Waals surface area contributed by atoms with E-state index in [0.29, 0.717) is 19.6 Å². The van der Waals surface area contributed by atoms with Crippen molar-refractivity contribution >= 4 is 6.09 Å². The molecule has 0 fully saturated rings. The summed E-state index contributed by atoms with van der Waals surface area (Å²) in [6.45, 7) is 10.6. The van der Waals surface area contributed by atoms with E-state index in [1.165, 1.54) is 0 Å². The van der Waals surface area contributed by atoms with Gasteiger partial charge in [-0.2, -0.15) is 0 Å². The molecule has 0 radical (unpaired) electrons. The van der Waals surface area contributed by atoms with E-state index in [0.717, 1.165) is 0 Å². The van der Waals surface area contributed by atoms with Crippen LogP contribution in [0.2, 0.25) is 0 Å². The Hall–Kier alpha value is -0.850. The molecule has 0 unspecified atom stereocenters. The zero-order chi connectivity index (χ0) is 15.8. The summed E-state index contributed by atoms with van der Waals surface area (Å²) in [5.74, 6) is 0. The van der Waals surface area contributed by atoms with Crippen LogP contribution in [0.5, 0.6) is 0 Å². The summed E-state index contributed by atoms with van der Waals surface area (Å²) in [5, 5.41) is 8.62. The molecule has 0 aliphatic heterocycles. The maximum absolute atomic E-state index is 11.8. The highest BCUT2D eigenvalue weighted by Gasteiger charge is 2.24. The molecule has 0 rings (SSSR count). The molecular formula is C14H30NO5+. The van der Waals surface area contributed by atoms with E-state index in [9.17, 15) is 4.79 Å². The number of rotatable bonds is 8. The number of aliphatic hydroxyl groups is 3. The van der Waals surface area contributed by atoms with Gasteiger partial charge in [-0.15, -0.1) is 0 Å². The molecule has 0 atom stereocenters. The van der Waals surface area contributed by atoms with Gasteiger partial charge in [-0.05, 0) is 41.0 Å². The third kappa shape index (κ3) is 10.00. The first-order valence-electron chi connectivity index (χ1n) is 6.89. The number of carbonyl (C=O) groups excluding carboxylic acids is 1. The fraction of sp³-hybridized carbons (Fsp3) is 0.929. The Balaban J connectivity index is 4.02. The van der Waals surface area contributed by atoms with Gasteiger partial charge in [0.05, 0.1) is 5.60 Å². The molecule has 120 valence electrons. The first-order valence-corrected chi connectivity index (χ1v) is 6.89. The summed E-state index contributed by atoms with van der Waals surface area (Å²) >= 11 is 0. The van der Waals surface area contributed by atoms with Gasteiger partial charge in [0.2, 0.25) is 0 Å². The van der Waals surface area contributed by atoms with Crippen LogP contribution in [0.25, 0.3) is 0 Å². The molecular weight excluding hydrogens is 262 g/mol. The number of ether oxygens (including phenoxy) is 3.